The van der Waals surface area contributed by atoms with Gasteiger partial charge in [0.15, 0.2) is 0 Å². The molecule has 5 rings (SSSR count). The van der Waals surface area contributed by atoms with Gasteiger partial charge in [-0.15, -0.1) is 5.10 Å². The van der Waals surface area contributed by atoms with E-state index in [2.05, 4.69) is 27.1 Å². The minimum atomic E-state index is -0.222. The van der Waals surface area contributed by atoms with Gasteiger partial charge >= 0.3 is 0 Å². The second kappa shape index (κ2) is 7.59. The molecule has 2 aromatic heterocycles. The maximum Gasteiger partial charge on any atom is 0.277 e. The highest BCUT2D eigenvalue weighted by atomic mass is 16.2. The van der Waals surface area contributed by atoms with Gasteiger partial charge in [0.1, 0.15) is 5.52 Å². The molecule has 7 nitrogen and oxygen atoms in total. The third kappa shape index (κ3) is 3.18. The van der Waals surface area contributed by atoms with E-state index in [0.717, 1.165) is 17.8 Å². The lowest BCUT2D eigenvalue weighted by atomic mass is 9.99. The van der Waals surface area contributed by atoms with Gasteiger partial charge in [-0.3, -0.25) is 9.59 Å². The van der Waals surface area contributed by atoms with Crippen molar-refractivity contribution < 1.29 is 4.79 Å². The van der Waals surface area contributed by atoms with Crippen LogP contribution in [0.15, 0.2) is 77.7 Å². The molecule has 0 spiro atoms. The number of aromatic nitrogens is 4. The summed E-state index contributed by atoms with van der Waals surface area (Å²) in [4.78, 5) is 27.8. The van der Waals surface area contributed by atoms with Crippen LogP contribution in [0.25, 0.3) is 10.9 Å². The van der Waals surface area contributed by atoms with Gasteiger partial charge in [-0.05, 0) is 29.8 Å². The molecule has 7 heteroatoms. The first-order chi connectivity index (χ1) is 14.7. The molecule has 0 fully saturated rings. The molecule has 0 saturated carbocycles. The van der Waals surface area contributed by atoms with Gasteiger partial charge in [0.25, 0.3) is 5.56 Å². The van der Waals surface area contributed by atoms with E-state index in [9.17, 15) is 9.59 Å². The van der Waals surface area contributed by atoms with Crippen molar-refractivity contribution in [1.29, 1.82) is 0 Å². The number of carbonyl (C=O) groups excluding carboxylic acids is 1. The van der Waals surface area contributed by atoms with Crippen LogP contribution in [0.4, 0.5) is 0 Å². The largest absolute Gasteiger partial charge is 0.348 e. The SMILES string of the molecule is O=C(CCn1nnc2ccccc2c1=O)N1CCn2cccc2C1c1ccccc1. The summed E-state index contributed by atoms with van der Waals surface area (Å²) in [6.45, 7) is 1.58. The molecule has 1 atom stereocenters. The minimum Gasteiger partial charge on any atom is -0.348 e. The summed E-state index contributed by atoms with van der Waals surface area (Å²) in [6, 6.07) is 21.1. The lowest BCUT2D eigenvalue weighted by molar-refractivity contribution is -0.134. The highest BCUT2D eigenvalue weighted by molar-refractivity contribution is 5.78. The van der Waals surface area contributed by atoms with Crippen molar-refractivity contribution in [2.24, 2.45) is 0 Å². The summed E-state index contributed by atoms with van der Waals surface area (Å²) in [5, 5.41) is 8.62. The maximum absolute atomic E-state index is 13.2. The summed E-state index contributed by atoms with van der Waals surface area (Å²) < 4.78 is 3.48. The van der Waals surface area contributed by atoms with Crippen molar-refractivity contribution in [2.45, 2.75) is 25.6 Å². The average molecular weight is 399 g/mol. The van der Waals surface area contributed by atoms with Crippen LogP contribution in [0.1, 0.15) is 23.7 Å². The molecule has 0 N–H and O–H groups in total. The zero-order valence-corrected chi connectivity index (χ0v) is 16.4. The topological polar surface area (TPSA) is 73.0 Å². The standard InChI is InChI=1S/C23H21N5O2/c29-21(12-14-28-23(30)18-9-4-5-10-19(18)24-25-28)27-16-15-26-13-6-11-20(26)22(27)17-7-2-1-3-8-17/h1-11,13,22H,12,14-16H2. The Morgan fingerprint density at radius 1 is 0.967 bits per heavy atom. The molecular weight excluding hydrogens is 378 g/mol. The fourth-order valence-electron chi connectivity index (χ4n) is 4.15. The molecule has 3 heterocycles. The maximum atomic E-state index is 13.2. The Hall–Kier alpha value is -3.74. The molecule has 1 aliphatic heterocycles. The van der Waals surface area contributed by atoms with E-state index in [4.69, 9.17) is 0 Å². The van der Waals surface area contributed by atoms with E-state index in [0.29, 0.717) is 17.4 Å². The molecule has 1 aliphatic rings. The summed E-state index contributed by atoms with van der Waals surface area (Å²) in [5.41, 5.74) is 2.52. The quantitative estimate of drug-likeness (QED) is 0.529. The smallest absolute Gasteiger partial charge is 0.277 e. The molecule has 4 aromatic rings. The van der Waals surface area contributed by atoms with E-state index in [1.54, 1.807) is 18.2 Å². The fourth-order valence-corrected chi connectivity index (χ4v) is 4.15. The number of amides is 1. The highest BCUT2D eigenvalue weighted by Gasteiger charge is 2.31. The van der Waals surface area contributed by atoms with Crippen LogP contribution in [0.2, 0.25) is 0 Å². The van der Waals surface area contributed by atoms with Gasteiger partial charge in [-0.1, -0.05) is 47.7 Å². The van der Waals surface area contributed by atoms with E-state index in [-0.39, 0.29) is 30.5 Å². The van der Waals surface area contributed by atoms with Crippen LogP contribution < -0.4 is 5.56 Å². The van der Waals surface area contributed by atoms with Gasteiger partial charge in [-0.2, -0.15) is 0 Å². The Labute approximate surface area is 173 Å². The Balaban J connectivity index is 1.40. The first kappa shape index (κ1) is 18.3. The number of aryl methyl sites for hydroxylation is 1. The summed E-state index contributed by atoms with van der Waals surface area (Å²) in [7, 11) is 0. The molecule has 150 valence electrons. The molecule has 30 heavy (non-hydrogen) atoms. The van der Waals surface area contributed by atoms with Crippen LogP contribution in [0.3, 0.4) is 0 Å². The second-order valence-corrected chi connectivity index (χ2v) is 7.41. The number of hydrogen-bond donors (Lipinski definition) is 0. The molecule has 1 amide bonds. The first-order valence-electron chi connectivity index (χ1n) is 10.0. The van der Waals surface area contributed by atoms with E-state index in [1.165, 1.54) is 4.68 Å². The number of fused-ring (bicyclic) bond motifs is 2. The molecule has 0 aliphatic carbocycles. The van der Waals surface area contributed by atoms with E-state index < -0.39 is 0 Å². The predicted octanol–water partition coefficient (Wildman–Crippen LogP) is 2.61. The third-order valence-corrected chi connectivity index (χ3v) is 5.64. The predicted molar refractivity (Wildman–Crippen MR) is 113 cm³/mol. The fraction of sp³-hybridized carbons (Fsp3) is 0.217. The molecular formula is C23H21N5O2. The Morgan fingerprint density at radius 3 is 2.63 bits per heavy atom. The lowest BCUT2D eigenvalue weighted by Crippen LogP contribution is -2.43. The minimum absolute atomic E-state index is 0.00170. The zero-order chi connectivity index (χ0) is 20.5. The number of rotatable bonds is 4. The molecule has 0 saturated heterocycles. The van der Waals surface area contributed by atoms with Crippen molar-refractivity contribution in [2.75, 3.05) is 6.54 Å². The summed E-state index contributed by atoms with van der Waals surface area (Å²) >= 11 is 0. The van der Waals surface area contributed by atoms with Gasteiger partial charge in [0, 0.05) is 31.4 Å². The average Bonchev–Trinajstić information content (AvgIpc) is 3.27. The summed E-state index contributed by atoms with van der Waals surface area (Å²) in [6.07, 6.45) is 2.24. The molecule has 1 unspecified atom stereocenters. The van der Waals surface area contributed by atoms with Crippen molar-refractivity contribution in [3.05, 3.63) is 94.5 Å². The second-order valence-electron chi connectivity index (χ2n) is 7.41. The van der Waals surface area contributed by atoms with E-state index >= 15 is 0 Å². The zero-order valence-electron chi connectivity index (χ0n) is 16.4. The number of carbonyl (C=O) groups is 1. The van der Waals surface area contributed by atoms with Crippen LogP contribution >= 0.6 is 0 Å². The van der Waals surface area contributed by atoms with Gasteiger partial charge in [-0.25, -0.2) is 4.68 Å². The van der Waals surface area contributed by atoms with Crippen molar-refractivity contribution in [3.63, 3.8) is 0 Å². The normalized spacial score (nSPS) is 15.9. The lowest BCUT2D eigenvalue weighted by Gasteiger charge is -2.37. The number of nitrogens with zero attached hydrogens (tertiary/aromatic N) is 5. The van der Waals surface area contributed by atoms with Crippen molar-refractivity contribution >= 4 is 16.8 Å². The molecule has 2 aromatic carbocycles. The van der Waals surface area contributed by atoms with Crippen molar-refractivity contribution in [3.8, 4) is 0 Å². The molecule has 0 bridgehead atoms. The highest BCUT2D eigenvalue weighted by Crippen LogP contribution is 2.32. The van der Waals surface area contributed by atoms with Crippen LogP contribution in [0, 0.1) is 0 Å². The summed E-state index contributed by atoms with van der Waals surface area (Å²) in [5.74, 6) is -0.00170. The monoisotopic (exact) mass is 399 g/mol. The first-order valence-corrected chi connectivity index (χ1v) is 10.0. The number of benzene rings is 2. The Morgan fingerprint density at radius 2 is 1.77 bits per heavy atom. The Kier molecular flexibility index (Phi) is 4.63. The van der Waals surface area contributed by atoms with Crippen LogP contribution in [-0.2, 0) is 17.9 Å². The Bertz CT molecular complexity index is 1260. The van der Waals surface area contributed by atoms with Gasteiger partial charge in [0.05, 0.1) is 18.0 Å². The van der Waals surface area contributed by atoms with Crippen molar-refractivity contribution in [1.82, 2.24) is 24.5 Å². The van der Waals surface area contributed by atoms with E-state index in [1.807, 2.05) is 47.4 Å². The van der Waals surface area contributed by atoms with Gasteiger partial charge < -0.3 is 9.47 Å². The van der Waals surface area contributed by atoms with Crippen LogP contribution in [0.5, 0.6) is 0 Å². The molecule has 0 radical (unpaired) electrons. The van der Waals surface area contributed by atoms with Crippen LogP contribution in [-0.4, -0.2) is 36.9 Å². The third-order valence-electron chi connectivity index (χ3n) is 5.64. The van der Waals surface area contributed by atoms with Gasteiger partial charge in [0.2, 0.25) is 5.91 Å². The number of hydrogen-bond acceptors (Lipinski definition) is 4.